The molecule has 0 saturated carbocycles. The Labute approximate surface area is 189 Å². The molecule has 1 aromatic carbocycles. The number of aliphatic imine (C=N–C) groups is 1. The van der Waals surface area contributed by atoms with Gasteiger partial charge in [-0.15, -0.1) is 24.0 Å². The van der Waals surface area contributed by atoms with Crippen molar-refractivity contribution in [2.24, 2.45) is 4.99 Å². The molecule has 0 aromatic heterocycles. The molecule has 166 valence electrons. The predicted molar refractivity (Wildman–Crippen MR) is 123 cm³/mol. The Bertz CT molecular complexity index is 653. The van der Waals surface area contributed by atoms with Gasteiger partial charge < -0.3 is 25.0 Å². The zero-order chi connectivity index (χ0) is 20.6. The summed E-state index contributed by atoms with van der Waals surface area (Å²) >= 11 is 0. The van der Waals surface area contributed by atoms with Crippen LogP contribution in [0.2, 0.25) is 0 Å². The molecule has 0 aliphatic carbocycles. The van der Waals surface area contributed by atoms with Crippen molar-refractivity contribution in [3.05, 3.63) is 29.3 Å². The number of nitrogens with one attached hydrogen (secondary N) is 2. The van der Waals surface area contributed by atoms with E-state index in [1.807, 2.05) is 19.9 Å². The first-order valence-corrected chi connectivity index (χ1v) is 9.68. The minimum Gasteiger partial charge on any atom is -0.434 e. The number of aryl methyl sites for hydroxylation is 1. The van der Waals surface area contributed by atoms with Crippen molar-refractivity contribution in [1.29, 1.82) is 0 Å². The van der Waals surface area contributed by atoms with Crippen LogP contribution >= 0.6 is 24.0 Å². The number of nitrogens with zero attached hydrogens (tertiary/aromatic N) is 2. The molecule has 1 heterocycles. The molecule has 1 aromatic rings. The molecule has 0 bridgehead atoms. The molecule has 0 radical (unpaired) electrons. The van der Waals surface area contributed by atoms with E-state index < -0.39 is 6.61 Å². The molecule has 0 atom stereocenters. The summed E-state index contributed by atoms with van der Waals surface area (Å²) in [6, 6.07) is 5.14. The lowest BCUT2D eigenvalue weighted by atomic mass is 9.88. The van der Waals surface area contributed by atoms with Gasteiger partial charge in [0.25, 0.3) is 0 Å². The van der Waals surface area contributed by atoms with Crippen LogP contribution in [0.5, 0.6) is 5.75 Å². The molecule has 2 rings (SSSR count). The number of halogens is 3. The third kappa shape index (κ3) is 7.86. The number of hydrogen-bond acceptors (Lipinski definition) is 4. The summed E-state index contributed by atoms with van der Waals surface area (Å²) in [5.74, 6) is 0.814. The van der Waals surface area contributed by atoms with E-state index in [0.717, 1.165) is 38.2 Å². The Morgan fingerprint density at radius 2 is 1.97 bits per heavy atom. The zero-order valence-corrected chi connectivity index (χ0v) is 20.0. The second-order valence-electron chi connectivity index (χ2n) is 7.27. The Balaban J connectivity index is 0.00000420. The minimum absolute atomic E-state index is 0. The number of guanidine groups is 1. The highest BCUT2D eigenvalue weighted by atomic mass is 127. The molecular formula is C20H33F2IN4O2. The van der Waals surface area contributed by atoms with Crippen LogP contribution in [0.4, 0.5) is 8.78 Å². The SMILES string of the molecule is CCNC(=NCc1cc(C)ccc1OC(F)F)NCC1(N(C)C)CCOCC1.I. The van der Waals surface area contributed by atoms with E-state index in [-0.39, 0.29) is 41.8 Å². The molecule has 0 spiro atoms. The topological polar surface area (TPSA) is 58.1 Å². The maximum atomic E-state index is 12.7. The Morgan fingerprint density at radius 3 is 2.55 bits per heavy atom. The highest BCUT2D eigenvalue weighted by Gasteiger charge is 2.34. The van der Waals surface area contributed by atoms with Gasteiger partial charge in [-0.3, -0.25) is 0 Å². The Kier molecular flexibility index (Phi) is 11.1. The first-order chi connectivity index (χ1) is 13.4. The standard InChI is InChI=1S/C20H32F2N4O2.HI/c1-5-23-19(25-14-20(26(3)4)8-10-27-11-9-20)24-13-16-12-15(2)6-7-17(16)28-18(21)22;/h6-7,12,18H,5,8-11,13-14H2,1-4H3,(H2,23,24,25);1H. The van der Waals surface area contributed by atoms with Crippen LogP contribution in [0.15, 0.2) is 23.2 Å². The maximum Gasteiger partial charge on any atom is 0.387 e. The van der Waals surface area contributed by atoms with E-state index in [0.29, 0.717) is 18.1 Å². The van der Waals surface area contributed by atoms with Crippen LogP contribution in [-0.2, 0) is 11.3 Å². The van der Waals surface area contributed by atoms with Gasteiger partial charge in [0.05, 0.1) is 6.54 Å². The number of rotatable bonds is 8. The largest absolute Gasteiger partial charge is 0.434 e. The fourth-order valence-corrected chi connectivity index (χ4v) is 3.33. The first kappa shape index (κ1) is 25.8. The van der Waals surface area contributed by atoms with Crippen LogP contribution in [-0.4, -0.2) is 63.4 Å². The molecule has 0 unspecified atom stereocenters. The zero-order valence-electron chi connectivity index (χ0n) is 17.6. The highest BCUT2D eigenvalue weighted by molar-refractivity contribution is 14.0. The third-order valence-corrected chi connectivity index (χ3v) is 5.14. The lowest BCUT2D eigenvalue weighted by Crippen LogP contribution is -2.57. The number of benzene rings is 1. The molecule has 1 aliphatic rings. The summed E-state index contributed by atoms with van der Waals surface area (Å²) < 4.78 is 35.5. The van der Waals surface area contributed by atoms with Crippen molar-refractivity contribution in [2.75, 3.05) is 40.4 Å². The molecule has 1 saturated heterocycles. The maximum absolute atomic E-state index is 12.7. The number of hydrogen-bond donors (Lipinski definition) is 2. The monoisotopic (exact) mass is 526 g/mol. The smallest absolute Gasteiger partial charge is 0.387 e. The van der Waals surface area contributed by atoms with Crippen LogP contribution in [0.25, 0.3) is 0 Å². The van der Waals surface area contributed by atoms with E-state index in [2.05, 4.69) is 39.4 Å². The molecule has 1 fully saturated rings. The molecular weight excluding hydrogens is 493 g/mol. The molecule has 1 aliphatic heterocycles. The van der Waals surface area contributed by atoms with E-state index in [9.17, 15) is 8.78 Å². The van der Waals surface area contributed by atoms with Crippen molar-refractivity contribution >= 4 is 29.9 Å². The predicted octanol–water partition coefficient (Wildman–Crippen LogP) is 3.38. The summed E-state index contributed by atoms with van der Waals surface area (Å²) in [6.07, 6.45) is 1.88. The van der Waals surface area contributed by atoms with Gasteiger partial charge in [0.2, 0.25) is 0 Å². The lowest BCUT2D eigenvalue weighted by molar-refractivity contribution is -0.0504. The lowest BCUT2D eigenvalue weighted by Gasteiger charge is -2.43. The fraction of sp³-hybridized carbons (Fsp3) is 0.650. The number of likely N-dealkylation sites (N-methyl/N-ethyl adjacent to an activating group) is 1. The summed E-state index contributed by atoms with van der Waals surface area (Å²) in [5, 5.41) is 6.63. The number of alkyl halides is 2. The third-order valence-electron chi connectivity index (χ3n) is 5.14. The average molecular weight is 526 g/mol. The van der Waals surface area contributed by atoms with Crippen LogP contribution in [0, 0.1) is 6.92 Å². The van der Waals surface area contributed by atoms with E-state index in [1.54, 1.807) is 12.1 Å². The van der Waals surface area contributed by atoms with Crippen molar-refractivity contribution in [1.82, 2.24) is 15.5 Å². The van der Waals surface area contributed by atoms with E-state index in [4.69, 9.17) is 4.74 Å². The van der Waals surface area contributed by atoms with Gasteiger partial charge in [-0.05, 0) is 46.9 Å². The van der Waals surface area contributed by atoms with Gasteiger partial charge in [-0.25, -0.2) is 4.99 Å². The summed E-state index contributed by atoms with van der Waals surface area (Å²) in [6.45, 7) is 4.21. The Morgan fingerprint density at radius 1 is 1.28 bits per heavy atom. The second-order valence-corrected chi connectivity index (χ2v) is 7.27. The number of ether oxygens (including phenoxy) is 2. The van der Waals surface area contributed by atoms with E-state index in [1.165, 1.54) is 0 Å². The first-order valence-electron chi connectivity index (χ1n) is 9.68. The minimum atomic E-state index is -2.86. The quantitative estimate of drug-likeness (QED) is 0.309. The van der Waals surface area contributed by atoms with Crippen molar-refractivity contribution in [3.8, 4) is 5.75 Å². The van der Waals surface area contributed by atoms with Crippen molar-refractivity contribution in [2.45, 2.75) is 45.4 Å². The van der Waals surface area contributed by atoms with Crippen LogP contribution < -0.4 is 15.4 Å². The van der Waals surface area contributed by atoms with Crippen LogP contribution in [0.3, 0.4) is 0 Å². The molecule has 6 nitrogen and oxygen atoms in total. The van der Waals surface area contributed by atoms with Crippen molar-refractivity contribution in [3.63, 3.8) is 0 Å². The van der Waals surface area contributed by atoms with Gasteiger partial charge in [0.15, 0.2) is 5.96 Å². The normalized spacial score (nSPS) is 16.5. The van der Waals surface area contributed by atoms with E-state index >= 15 is 0 Å². The van der Waals surface area contributed by atoms with Gasteiger partial charge in [-0.2, -0.15) is 8.78 Å². The summed E-state index contributed by atoms with van der Waals surface area (Å²) in [4.78, 5) is 6.82. The summed E-state index contributed by atoms with van der Waals surface area (Å²) in [7, 11) is 4.16. The molecule has 9 heteroatoms. The second kappa shape index (κ2) is 12.5. The Hall–Kier alpha value is -1.20. The van der Waals surface area contributed by atoms with Crippen LogP contribution in [0.1, 0.15) is 30.9 Å². The molecule has 29 heavy (non-hydrogen) atoms. The molecule has 0 amide bonds. The fourth-order valence-electron chi connectivity index (χ4n) is 3.33. The molecule has 2 N–H and O–H groups in total. The van der Waals surface area contributed by atoms with Gasteiger partial charge in [-0.1, -0.05) is 17.7 Å². The van der Waals surface area contributed by atoms with Crippen molar-refractivity contribution < 1.29 is 18.3 Å². The van der Waals surface area contributed by atoms with Gasteiger partial charge in [0, 0.05) is 37.4 Å². The van der Waals surface area contributed by atoms with Gasteiger partial charge >= 0.3 is 6.61 Å². The summed E-state index contributed by atoms with van der Waals surface area (Å²) in [5.41, 5.74) is 1.60. The average Bonchev–Trinajstić information content (AvgIpc) is 2.66. The highest BCUT2D eigenvalue weighted by Crippen LogP contribution is 2.25. The van der Waals surface area contributed by atoms with Gasteiger partial charge in [0.1, 0.15) is 5.75 Å².